The Balaban J connectivity index is 4.40. The fourth-order valence-corrected chi connectivity index (χ4v) is 8.84. The molecule has 3 heteroatoms. The summed E-state index contributed by atoms with van der Waals surface area (Å²) >= 11 is 0. The lowest BCUT2D eigenvalue weighted by Crippen LogP contribution is -2.36. The molecule has 2 nitrogen and oxygen atoms in total. The van der Waals surface area contributed by atoms with Crippen molar-refractivity contribution in [2.24, 2.45) is 5.16 Å². The lowest BCUT2D eigenvalue weighted by Gasteiger charge is -2.29. The van der Waals surface area contributed by atoms with Gasteiger partial charge < -0.3 is 4.53 Å². The van der Waals surface area contributed by atoms with Gasteiger partial charge in [0.05, 0.1) is 0 Å². The summed E-state index contributed by atoms with van der Waals surface area (Å²) in [5.41, 5.74) is 0. The van der Waals surface area contributed by atoms with E-state index in [1.165, 1.54) is 153 Å². The number of unbranched alkanes of at least 4 members (excludes halogenated alkanes) is 18. The maximum atomic E-state index is 6.22. The van der Waals surface area contributed by atoms with Crippen molar-refractivity contribution in [3.05, 3.63) is 0 Å². The van der Waals surface area contributed by atoms with Crippen molar-refractivity contribution in [1.29, 1.82) is 0 Å². The van der Waals surface area contributed by atoms with Crippen LogP contribution in [0.4, 0.5) is 0 Å². The fraction of sp³-hybridized carbons (Fsp3) is 0.964. The molecular formula is C28H59NOSi. The quantitative estimate of drug-likeness (QED) is 0.0552. The second-order valence-electron chi connectivity index (χ2n) is 10.0. The first-order valence-corrected chi connectivity index (χ1v) is 16.9. The van der Waals surface area contributed by atoms with E-state index in [2.05, 4.69) is 32.6 Å². The Hall–Kier alpha value is -0.313. The Labute approximate surface area is 198 Å². The maximum absolute atomic E-state index is 6.22. The molecule has 0 radical (unpaired) electrons. The summed E-state index contributed by atoms with van der Waals surface area (Å²) in [6.07, 6.45) is 29.1. The van der Waals surface area contributed by atoms with Crippen LogP contribution in [-0.4, -0.2) is 15.0 Å². The summed E-state index contributed by atoms with van der Waals surface area (Å²) in [4.78, 5) is 0. The Morgan fingerprint density at radius 1 is 0.452 bits per heavy atom. The zero-order valence-corrected chi connectivity index (χ0v) is 23.0. The molecule has 0 rings (SSSR count). The van der Waals surface area contributed by atoms with Crippen molar-refractivity contribution in [3.63, 3.8) is 0 Å². The van der Waals surface area contributed by atoms with Crippen LogP contribution in [0.25, 0.3) is 0 Å². The lowest BCUT2D eigenvalue weighted by atomic mass is 10.1. The molecule has 0 unspecified atom stereocenters. The van der Waals surface area contributed by atoms with E-state index in [4.69, 9.17) is 4.53 Å². The summed E-state index contributed by atoms with van der Waals surface area (Å²) in [6.45, 7) is 10.6. The van der Waals surface area contributed by atoms with Crippen LogP contribution in [0.5, 0.6) is 0 Å². The maximum Gasteiger partial charge on any atom is 0.287 e. The highest BCUT2D eigenvalue weighted by molar-refractivity contribution is 6.73. The van der Waals surface area contributed by atoms with E-state index in [0.29, 0.717) is 0 Å². The zero-order valence-electron chi connectivity index (χ0n) is 22.0. The molecule has 31 heavy (non-hydrogen) atoms. The van der Waals surface area contributed by atoms with Gasteiger partial charge in [-0.2, -0.15) is 0 Å². The molecule has 0 aromatic rings. The molecule has 0 aliphatic heterocycles. The van der Waals surface area contributed by atoms with E-state index < -0.39 is 8.32 Å². The molecule has 0 N–H and O–H groups in total. The first kappa shape index (κ1) is 30.7. The Morgan fingerprint density at radius 2 is 0.710 bits per heavy atom. The molecule has 0 saturated heterocycles. The molecule has 0 aromatic carbocycles. The van der Waals surface area contributed by atoms with E-state index in [-0.39, 0.29) is 0 Å². The number of hydrogen-bond donors (Lipinski definition) is 0. The topological polar surface area (TPSA) is 21.6 Å². The Kier molecular flexibility index (Phi) is 24.1. The van der Waals surface area contributed by atoms with Crippen LogP contribution in [0.2, 0.25) is 18.1 Å². The molecule has 0 aliphatic carbocycles. The molecule has 0 spiro atoms. The number of nitrogens with zero attached hydrogens (tertiary/aromatic N) is 1. The minimum absolute atomic E-state index is 1.31. The second-order valence-corrected chi connectivity index (χ2v) is 14.1. The fourth-order valence-electron chi connectivity index (χ4n) is 4.86. The van der Waals surface area contributed by atoms with E-state index >= 15 is 0 Å². The second kappa shape index (κ2) is 24.3. The lowest BCUT2D eigenvalue weighted by molar-refractivity contribution is 0.317. The van der Waals surface area contributed by atoms with Gasteiger partial charge in [0.2, 0.25) is 0 Å². The van der Waals surface area contributed by atoms with E-state index in [1.54, 1.807) is 0 Å². The predicted molar refractivity (Wildman–Crippen MR) is 145 cm³/mol. The van der Waals surface area contributed by atoms with Crippen LogP contribution < -0.4 is 0 Å². The summed E-state index contributed by atoms with van der Waals surface area (Å²) in [5, 5.41) is 4.04. The van der Waals surface area contributed by atoms with Gasteiger partial charge in [0.15, 0.2) is 0 Å². The molecular weight excluding hydrogens is 394 g/mol. The van der Waals surface area contributed by atoms with E-state index in [1.807, 2.05) is 0 Å². The van der Waals surface area contributed by atoms with Gasteiger partial charge in [0, 0.05) is 6.72 Å². The predicted octanol–water partition coefficient (Wildman–Crippen LogP) is 10.8. The molecule has 0 amide bonds. The van der Waals surface area contributed by atoms with Crippen LogP contribution in [-0.2, 0) is 4.53 Å². The number of hydrogen-bond acceptors (Lipinski definition) is 2. The van der Waals surface area contributed by atoms with Crippen LogP contribution >= 0.6 is 0 Å². The largest absolute Gasteiger partial charge is 0.455 e. The zero-order chi connectivity index (χ0) is 22.9. The Morgan fingerprint density at radius 3 is 0.968 bits per heavy atom. The van der Waals surface area contributed by atoms with Gasteiger partial charge >= 0.3 is 0 Å². The molecule has 0 bridgehead atoms. The van der Waals surface area contributed by atoms with Crippen LogP contribution in [0, 0.1) is 0 Å². The van der Waals surface area contributed by atoms with Crippen LogP contribution in [0.15, 0.2) is 5.16 Å². The van der Waals surface area contributed by atoms with Gasteiger partial charge in [-0.05, 0) is 18.1 Å². The first-order valence-electron chi connectivity index (χ1n) is 14.4. The highest BCUT2D eigenvalue weighted by Gasteiger charge is 2.36. The highest BCUT2D eigenvalue weighted by Crippen LogP contribution is 2.31. The molecule has 0 aromatic heterocycles. The standard InChI is InChI=1S/C28H59NOSi/c1-5-8-11-14-17-20-23-26-31(30-29-4,27-24-21-18-15-12-9-6-2)28-25-22-19-16-13-10-7-3/h4-28H2,1-3H3. The number of oxime groups is 1. The summed E-state index contributed by atoms with van der Waals surface area (Å²) in [7, 11) is -1.75. The van der Waals surface area contributed by atoms with E-state index in [0.717, 1.165) is 0 Å². The van der Waals surface area contributed by atoms with Gasteiger partial charge in [0.25, 0.3) is 8.32 Å². The summed E-state index contributed by atoms with van der Waals surface area (Å²) < 4.78 is 6.22. The van der Waals surface area contributed by atoms with Crippen molar-refractivity contribution < 1.29 is 4.53 Å². The van der Waals surface area contributed by atoms with Gasteiger partial charge in [-0.3, -0.25) is 0 Å². The third-order valence-electron chi connectivity index (χ3n) is 6.97. The molecule has 186 valence electrons. The van der Waals surface area contributed by atoms with Gasteiger partial charge in [-0.15, -0.1) is 5.16 Å². The summed E-state index contributed by atoms with van der Waals surface area (Å²) in [5.74, 6) is 0. The van der Waals surface area contributed by atoms with Gasteiger partial charge in [-0.1, -0.05) is 156 Å². The molecule has 0 saturated carbocycles. The average Bonchev–Trinajstić information content (AvgIpc) is 2.77. The average molecular weight is 454 g/mol. The third kappa shape index (κ3) is 20.1. The van der Waals surface area contributed by atoms with Crippen LogP contribution in [0.1, 0.15) is 156 Å². The highest BCUT2D eigenvalue weighted by atomic mass is 28.4. The van der Waals surface area contributed by atoms with Crippen molar-refractivity contribution in [2.75, 3.05) is 0 Å². The Bertz CT molecular complexity index is 315. The minimum atomic E-state index is -1.75. The third-order valence-corrected chi connectivity index (χ3v) is 11.3. The molecule has 0 fully saturated rings. The minimum Gasteiger partial charge on any atom is -0.455 e. The van der Waals surface area contributed by atoms with Crippen LogP contribution in [0.3, 0.4) is 0 Å². The van der Waals surface area contributed by atoms with Gasteiger partial charge in [0.1, 0.15) is 0 Å². The smallest absolute Gasteiger partial charge is 0.287 e. The summed E-state index contributed by atoms with van der Waals surface area (Å²) in [6, 6.07) is 3.93. The number of rotatable bonds is 26. The van der Waals surface area contributed by atoms with Gasteiger partial charge in [-0.25, -0.2) is 0 Å². The van der Waals surface area contributed by atoms with E-state index in [9.17, 15) is 0 Å². The van der Waals surface area contributed by atoms with Crippen molar-refractivity contribution in [3.8, 4) is 0 Å². The normalized spacial score (nSPS) is 11.7. The molecule has 0 aliphatic rings. The van der Waals surface area contributed by atoms with Crippen molar-refractivity contribution in [2.45, 2.75) is 174 Å². The SMILES string of the molecule is C=NO[Si](CCCCCCCCC)(CCCCCCCCC)CCCCCCCCC. The molecule has 0 atom stereocenters. The first-order chi connectivity index (χ1) is 15.2. The van der Waals surface area contributed by atoms with Crippen molar-refractivity contribution in [1.82, 2.24) is 0 Å². The monoisotopic (exact) mass is 453 g/mol. The molecule has 0 heterocycles. The van der Waals surface area contributed by atoms with Crippen molar-refractivity contribution >= 4 is 15.0 Å².